The molecule has 0 saturated heterocycles. The molecule has 0 fully saturated rings. The van der Waals surface area contributed by atoms with Crippen LogP contribution in [0.15, 0.2) is 46.9 Å². The average molecular weight is 266 g/mol. The molecule has 1 aliphatic carbocycles. The second kappa shape index (κ2) is 4.04. The van der Waals surface area contributed by atoms with E-state index in [1.807, 2.05) is 24.3 Å². The molecule has 0 unspecified atom stereocenters. The van der Waals surface area contributed by atoms with Gasteiger partial charge in [-0.05, 0) is 42.3 Å². The topological polar surface area (TPSA) is 30.2 Å². The summed E-state index contributed by atoms with van der Waals surface area (Å²) in [5, 5.41) is 0.747. The molecule has 2 nitrogen and oxygen atoms in total. The number of halogens is 1. The van der Waals surface area contributed by atoms with Crippen LogP contribution in [0.25, 0.3) is 22.3 Å². The first-order chi connectivity index (χ1) is 9.70. The molecule has 1 aliphatic rings. The van der Waals surface area contributed by atoms with Crippen molar-refractivity contribution in [2.24, 2.45) is 0 Å². The van der Waals surface area contributed by atoms with Crippen molar-refractivity contribution in [1.82, 2.24) is 0 Å². The SMILES string of the molecule is O=C1CCc2cc(-c3cc4cc(F)ccc4o3)ccc21. The van der Waals surface area contributed by atoms with Crippen molar-refractivity contribution in [3.63, 3.8) is 0 Å². The van der Waals surface area contributed by atoms with E-state index in [-0.39, 0.29) is 11.6 Å². The lowest BCUT2D eigenvalue weighted by atomic mass is 10.0. The van der Waals surface area contributed by atoms with Crippen molar-refractivity contribution in [2.45, 2.75) is 12.8 Å². The Kier molecular flexibility index (Phi) is 2.30. The second-order valence-electron chi connectivity index (χ2n) is 5.09. The predicted molar refractivity (Wildman–Crippen MR) is 74.3 cm³/mol. The molecule has 3 heteroatoms. The molecular formula is C17H11FO2. The highest BCUT2D eigenvalue weighted by Crippen LogP contribution is 2.31. The van der Waals surface area contributed by atoms with Crippen LogP contribution >= 0.6 is 0 Å². The van der Waals surface area contributed by atoms with E-state index < -0.39 is 0 Å². The van der Waals surface area contributed by atoms with Gasteiger partial charge in [0.25, 0.3) is 0 Å². The predicted octanol–water partition coefficient (Wildman–Crippen LogP) is 4.37. The van der Waals surface area contributed by atoms with Gasteiger partial charge in [-0.15, -0.1) is 0 Å². The van der Waals surface area contributed by atoms with E-state index in [0.29, 0.717) is 17.8 Å². The molecule has 1 aromatic heterocycles. The number of hydrogen-bond acceptors (Lipinski definition) is 2. The molecule has 0 aliphatic heterocycles. The fraction of sp³-hybridized carbons (Fsp3) is 0.118. The van der Waals surface area contributed by atoms with Gasteiger partial charge in [0.2, 0.25) is 0 Å². The van der Waals surface area contributed by atoms with E-state index >= 15 is 0 Å². The Morgan fingerprint density at radius 2 is 1.90 bits per heavy atom. The van der Waals surface area contributed by atoms with Crippen molar-refractivity contribution in [1.29, 1.82) is 0 Å². The number of rotatable bonds is 1. The summed E-state index contributed by atoms with van der Waals surface area (Å²) >= 11 is 0. The Morgan fingerprint density at radius 1 is 1.00 bits per heavy atom. The van der Waals surface area contributed by atoms with E-state index in [4.69, 9.17) is 4.42 Å². The Hall–Kier alpha value is -2.42. The third kappa shape index (κ3) is 1.67. The van der Waals surface area contributed by atoms with Crippen LogP contribution in [0.5, 0.6) is 0 Å². The van der Waals surface area contributed by atoms with Crippen molar-refractivity contribution in [3.05, 3.63) is 59.4 Å². The Labute approximate surface area is 114 Å². The van der Waals surface area contributed by atoms with Crippen LogP contribution in [0.1, 0.15) is 22.3 Å². The number of fused-ring (bicyclic) bond motifs is 2. The fourth-order valence-corrected chi connectivity index (χ4v) is 2.77. The van der Waals surface area contributed by atoms with Gasteiger partial charge in [-0.25, -0.2) is 4.39 Å². The summed E-state index contributed by atoms with van der Waals surface area (Å²) in [6.07, 6.45) is 1.38. The maximum atomic E-state index is 13.2. The highest BCUT2D eigenvalue weighted by molar-refractivity contribution is 6.01. The minimum atomic E-state index is -0.274. The monoisotopic (exact) mass is 266 g/mol. The van der Waals surface area contributed by atoms with Gasteiger partial charge in [0.1, 0.15) is 17.2 Å². The minimum Gasteiger partial charge on any atom is -0.456 e. The van der Waals surface area contributed by atoms with Crippen LogP contribution in [0.4, 0.5) is 4.39 Å². The largest absolute Gasteiger partial charge is 0.456 e. The van der Waals surface area contributed by atoms with E-state index in [1.165, 1.54) is 12.1 Å². The summed E-state index contributed by atoms with van der Waals surface area (Å²) in [4.78, 5) is 11.6. The molecule has 3 aromatic rings. The third-order valence-corrected chi connectivity index (χ3v) is 3.79. The first-order valence-corrected chi connectivity index (χ1v) is 6.56. The van der Waals surface area contributed by atoms with Gasteiger partial charge in [0, 0.05) is 22.9 Å². The number of benzene rings is 2. The lowest BCUT2D eigenvalue weighted by Gasteiger charge is -2.01. The van der Waals surface area contributed by atoms with Crippen molar-refractivity contribution in [2.75, 3.05) is 0 Å². The number of carbonyl (C=O) groups is 1. The Balaban J connectivity index is 1.85. The maximum absolute atomic E-state index is 13.2. The van der Waals surface area contributed by atoms with Crippen LogP contribution in [0.3, 0.4) is 0 Å². The minimum absolute atomic E-state index is 0.207. The molecule has 1 heterocycles. The van der Waals surface area contributed by atoms with Gasteiger partial charge >= 0.3 is 0 Å². The van der Waals surface area contributed by atoms with Crippen molar-refractivity contribution in [3.8, 4) is 11.3 Å². The average Bonchev–Trinajstić information content (AvgIpc) is 3.02. The highest BCUT2D eigenvalue weighted by Gasteiger charge is 2.20. The number of hydrogen-bond donors (Lipinski definition) is 0. The number of aryl methyl sites for hydroxylation is 1. The lowest BCUT2D eigenvalue weighted by molar-refractivity contribution is 0.0994. The third-order valence-electron chi connectivity index (χ3n) is 3.79. The molecule has 4 rings (SSSR count). The van der Waals surface area contributed by atoms with Crippen LogP contribution in [0, 0.1) is 5.82 Å². The quantitative estimate of drug-likeness (QED) is 0.654. The van der Waals surface area contributed by atoms with Crippen molar-refractivity contribution < 1.29 is 13.6 Å². The van der Waals surface area contributed by atoms with Crippen LogP contribution in [-0.4, -0.2) is 5.78 Å². The van der Waals surface area contributed by atoms with Gasteiger partial charge < -0.3 is 4.42 Å². The van der Waals surface area contributed by atoms with Crippen LogP contribution in [-0.2, 0) is 6.42 Å². The second-order valence-corrected chi connectivity index (χ2v) is 5.09. The Morgan fingerprint density at radius 3 is 2.80 bits per heavy atom. The zero-order valence-electron chi connectivity index (χ0n) is 10.7. The molecule has 98 valence electrons. The molecule has 0 bridgehead atoms. The van der Waals surface area contributed by atoms with Gasteiger partial charge in [-0.1, -0.05) is 12.1 Å². The summed E-state index contributed by atoms with van der Waals surface area (Å²) in [5.74, 6) is 0.635. The summed E-state index contributed by atoms with van der Waals surface area (Å²) in [6, 6.07) is 12.0. The first kappa shape index (κ1) is 11.4. The van der Waals surface area contributed by atoms with Gasteiger partial charge in [-0.2, -0.15) is 0 Å². The molecule has 0 saturated carbocycles. The van der Waals surface area contributed by atoms with Crippen molar-refractivity contribution >= 4 is 16.8 Å². The van der Waals surface area contributed by atoms with Crippen LogP contribution < -0.4 is 0 Å². The number of Topliss-reactive ketones (excluding diaryl/α,β-unsaturated/α-hetero) is 1. The standard InChI is InChI=1S/C17H11FO2/c18-13-3-6-16-12(8-13)9-17(20-16)11-1-4-14-10(7-11)2-5-15(14)19/h1,3-4,6-9H,2,5H2. The molecular weight excluding hydrogens is 255 g/mol. The zero-order chi connectivity index (χ0) is 13.7. The molecule has 2 aromatic carbocycles. The van der Waals surface area contributed by atoms with Gasteiger partial charge in [-0.3, -0.25) is 4.79 Å². The van der Waals surface area contributed by atoms with Gasteiger partial charge in [0.05, 0.1) is 0 Å². The highest BCUT2D eigenvalue weighted by atomic mass is 19.1. The number of ketones is 1. The molecule has 0 spiro atoms. The Bertz CT molecular complexity index is 845. The van der Waals surface area contributed by atoms with E-state index in [0.717, 1.165) is 28.5 Å². The van der Waals surface area contributed by atoms with Gasteiger partial charge in [0.15, 0.2) is 5.78 Å². The first-order valence-electron chi connectivity index (χ1n) is 6.56. The zero-order valence-corrected chi connectivity index (χ0v) is 10.7. The summed E-state index contributed by atoms with van der Waals surface area (Å²) in [7, 11) is 0. The molecule has 0 N–H and O–H groups in total. The van der Waals surface area contributed by atoms with Crippen LogP contribution in [0.2, 0.25) is 0 Å². The van der Waals surface area contributed by atoms with E-state index in [1.54, 1.807) is 6.07 Å². The summed E-state index contributed by atoms with van der Waals surface area (Å²) < 4.78 is 18.9. The normalized spacial score (nSPS) is 13.9. The molecule has 0 radical (unpaired) electrons. The smallest absolute Gasteiger partial charge is 0.163 e. The molecule has 20 heavy (non-hydrogen) atoms. The number of carbonyl (C=O) groups excluding carboxylic acids is 1. The van der Waals surface area contributed by atoms with E-state index in [9.17, 15) is 9.18 Å². The lowest BCUT2D eigenvalue weighted by Crippen LogP contribution is -1.90. The maximum Gasteiger partial charge on any atom is 0.163 e. The molecule has 0 atom stereocenters. The fourth-order valence-electron chi connectivity index (χ4n) is 2.77. The molecule has 0 amide bonds. The number of furan rings is 1. The van der Waals surface area contributed by atoms with E-state index in [2.05, 4.69) is 0 Å². The summed E-state index contributed by atoms with van der Waals surface area (Å²) in [6.45, 7) is 0. The summed E-state index contributed by atoms with van der Waals surface area (Å²) in [5.41, 5.74) is 3.48.